The minimum atomic E-state index is -0.417. The van der Waals surface area contributed by atoms with Crippen LogP contribution in [0.5, 0.6) is 0 Å². The summed E-state index contributed by atoms with van der Waals surface area (Å²) in [6, 6.07) is 5.17. The summed E-state index contributed by atoms with van der Waals surface area (Å²) in [4.78, 5) is 11.4. The number of carbonyl (C=O) groups excluding carboxylic acids is 1. The summed E-state index contributed by atoms with van der Waals surface area (Å²) >= 11 is 0. The second kappa shape index (κ2) is 5.95. The fourth-order valence-electron chi connectivity index (χ4n) is 2.71. The van der Waals surface area contributed by atoms with Gasteiger partial charge in [-0.1, -0.05) is 19.8 Å². The zero-order valence-corrected chi connectivity index (χ0v) is 11.5. The topological polar surface area (TPSA) is 81.1 Å². The van der Waals surface area contributed by atoms with Crippen molar-refractivity contribution >= 4 is 17.3 Å². The molecule has 4 heteroatoms. The summed E-state index contributed by atoms with van der Waals surface area (Å²) in [6.45, 7) is 3.20. The van der Waals surface area contributed by atoms with Gasteiger partial charge >= 0.3 is 0 Å². The first-order valence-electron chi connectivity index (χ1n) is 6.99. The largest absolute Gasteiger partial charge is 0.399 e. The van der Waals surface area contributed by atoms with Crippen molar-refractivity contribution < 1.29 is 4.79 Å². The molecule has 104 valence electrons. The van der Waals surface area contributed by atoms with Crippen LogP contribution in [0.2, 0.25) is 0 Å². The number of carbonyl (C=O) groups is 1. The van der Waals surface area contributed by atoms with Gasteiger partial charge in [-0.2, -0.15) is 0 Å². The van der Waals surface area contributed by atoms with Crippen LogP contribution in [0.3, 0.4) is 0 Å². The maximum atomic E-state index is 11.4. The number of nitrogens with two attached hydrogens (primary N) is 2. The Bertz CT molecular complexity index is 451. The third-order valence-electron chi connectivity index (χ3n) is 4.03. The van der Waals surface area contributed by atoms with Gasteiger partial charge in [0.05, 0.1) is 5.56 Å². The lowest BCUT2D eigenvalue weighted by Gasteiger charge is -2.26. The molecular formula is C15H23N3O. The summed E-state index contributed by atoms with van der Waals surface area (Å²) in [6.07, 6.45) is 5.10. The molecule has 0 bridgehead atoms. The Labute approximate surface area is 114 Å². The van der Waals surface area contributed by atoms with Gasteiger partial charge in [0.1, 0.15) is 0 Å². The number of nitrogen functional groups attached to an aromatic ring is 1. The van der Waals surface area contributed by atoms with Gasteiger partial charge < -0.3 is 16.8 Å². The van der Waals surface area contributed by atoms with E-state index in [0.717, 1.165) is 18.2 Å². The molecule has 1 aliphatic carbocycles. The number of benzene rings is 1. The van der Waals surface area contributed by atoms with Gasteiger partial charge in [-0.05, 0) is 42.9 Å². The number of anilines is 2. The van der Waals surface area contributed by atoms with Crippen LogP contribution in [-0.4, -0.2) is 12.5 Å². The zero-order chi connectivity index (χ0) is 13.8. The summed E-state index contributed by atoms with van der Waals surface area (Å²) < 4.78 is 0. The van der Waals surface area contributed by atoms with Crippen molar-refractivity contribution in [1.29, 1.82) is 0 Å². The highest BCUT2D eigenvalue weighted by molar-refractivity contribution is 5.99. The Balaban J connectivity index is 1.98. The summed E-state index contributed by atoms with van der Waals surface area (Å²) in [5.41, 5.74) is 13.0. The number of primary amides is 1. The summed E-state index contributed by atoms with van der Waals surface area (Å²) in [5.74, 6) is 1.11. The van der Waals surface area contributed by atoms with Crippen molar-refractivity contribution in [2.24, 2.45) is 17.6 Å². The average Bonchev–Trinajstić information content (AvgIpc) is 2.38. The van der Waals surface area contributed by atoms with Crippen molar-refractivity contribution in [2.45, 2.75) is 32.6 Å². The van der Waals surface area contributed by atoms with Crippen molar-refractivity contribution in [1.82, 2.24) is 0 Å². The summed E-state index contributed by atoms with van der Waals surface area (Å²) in [5, 5.41) is 3.34. The molecule has 1 aromatic carbocycles. The third-order valence-corrected chi connectivity index (χ3v) is 4.03. The fourth-order valence-corrected chi connectivity index (χ4v) is 2.71. The van der Waals surface area contributed by atoms with Gasteiger partial charge in [-0.15, -0.1) is 0 Å². The first kappa shape index (κ1) is 13.7. The van der Waals surface area contributed by atoms with E-state index in [4.69, 9.17) is 11.5 Å². The van der Waals surface area contributed by atoms with Crippen LogP contribution >= 0.6 is 0 Å². The van der Waals surface area contributed by atoms with E-state index in [1.807, 2.05) is 0 Å². The minimum absolute atomic E-state index is 0.417. The number of rotatable bonds is 4. The Morgan fingerprint density at radius 3 is 2.63 bits per heavy atom. The maximum absolute atomic E-state index is 11.4. The predicted octanol–water partition coefficient (Wildman–Crippen LogP) is 2.61. The van der Waals surface area contributed by atoms with E-state index in [1.165, 1.54) is 25.7 Å². The molecule has 1 fully saturated rings. The quantitative estimate of drug-likeness (QED) is 0.729. The lowest BCUT2D eigenvalue weighted by Crippen LogP contribution is -2.22. The molecule has 0 radical (unpaired) electrons. The minimum Gasteiger partial charge on any atom is -0.399 e. The molecule has 0 unspecified atom stereocenters. The molecule has 1 aromatic rings. The van der Waals surface area contributed by atoms with E-state index in [-0.39, 0.29) is 0 Å². The molecule has 19 heavy (non-hydrogen) atoms. The van der Waals surface area contributed by atoms with Crippen LogP contribution in [0, 0.1) is 11.8 Å². The molecule has 0 spiro atoms. The normalized spacial score (nSPS) is 23.0. The molecule has 2 rings (SSSR count). The standard InChI is InChI=1S/C15H23N3O/c1-10-2-4-11(5-3-10)9-18-14-8-12(16)6-7-13(14)15(17)19/h6-8,10-11,18H,2-5,9,16H2,1H3,(H2,17,19). The van der Waals surface area contributed by atoms with Crippen molar-refractivity contribution in [3.05, 3.63) is 23.8 Å². The van der Waals surface area contributed by atoms with E-state index in [2.05, 4.69) is 12.2 Å². The average molecular weight is 261 g/mol. The van der Waals surface area contributed by atoms with Crippen molar-refractivity contribution in [2.75, 3.05) is 17.6 Å². The number of hydrogen-bond donors (Lipinski definition) is 3. The van der Waals surface area contributed by atoms with E-state index in [1.54, 1.807) is 18.2 Å². The molecule has 0 heterocycles. The maximum Gasteiger partial charge on any atom is 0.250 e. The first-order valence-corrected chi connectivity index (χ1v) is 6.99. The Hall–Kier alpha value is -1.71. The van der Waals surface area contributed by atoms with Gasteiger partial charge in [0, 0.05) is 17.9 Å². The number of amides is 1. The van der Waals surface area contributed by atoms with Gasteiger partial charge in [0.15, 0.2) is 0 Å². The molecule has 5 N–H and O–H groups in total. The number of nitrogens with one attached hydrogen (secondary N) is 1. The molecule has 0 aliphatic heterocycles. The van der Waals surface area contributed by atoms with Crippen molar-refractivity contribution in [3.63, 3.8) is 0 Å². The highest BCUT2D eigenvalue weighted by atomic mass is 16.1. The smallest absolute Gasteiger partial charge is 0.250 e. The monoisotopic (exact) mass is 261 g/mol. The lowest BCUT2D eigenvalue weighted by molar-refractivity contribution is 0.100. The zero-order valence-electron chi connectivity index (χ0n) is 11.5. The number of hydrogen-bond acceptors (Lipinski definition) is 3. The van der Waals surface area contributed by atoms with E-state index in [9.17, 15) is 4.79 Å². The van der Waals surface area contributed by atoms with Crippen molar-refractivity contribution in [3.8, 4) is 0 Å². The fraction of sp³-hybridized carbons (Fsp3) is 0.533. The van der Waals surface area contributed by atoms with Gasteiger partial charge in [0.25, 0.3) is 5.91 Å². The van der Waals surface area contributed by atoms with E-state index in [0.29, 0.717) is 17.2 Å². The highest BCUT2D eigenvalue weighted by Gasteiger charge is 2.18. The van der Waals surface area contributed by atoms with Crippen LogP contribution in [0.1, 0.15) is 43.0 Å². The van der Waals surface area contributed by atoms with Gasteiger partial charge in [0.2, 0.25) is 0 Å². The molecule has 4 nitrogen and oxygen atoms in total. The van der Waals surface area contributed by atoms with Gasteiger partial charge in [-0.25, -0.2) is 0 Å². The molecule has 0 aromatic heterocycles. The van der Waals surface area contributed by atoms with E-state index >= 15 is 0 Å². The molecule has 1 amide bonds. The second-order valence-corrected chi connectivity index (χ2v) is 5.68. The van der Waals surface area contributed by atoms with Crippen LogP contribution in [0.25, 0.3) is 0 Å². The molecule has 0 atom stereocenters. The van der Waals surface area contributed by atoms with E-state index < -0.39 is 5.91 Å². The van der Waals surface area contributed by atoms with Crippen LogP contribution in [0.15, 0.2) is 18.2 Å². The lowest BCUT2D eigenvalue weighted by atomic mass is 9.83. The van der Waals surface area contributed by atoms with Crippen LogP contribution in [0.4, 0.5) is 11.4 Å². The SMILES string of the molecule is CC1CCC(CNc2cc(N)ccc2C(N)=O)CC1. The third kappa shape index (κ3) is 3.63. The Morgan fingerprint density at radius 1 is 1.32 bits per heavy atom. The first-order chi connectivity index (χ1) is 9.06. The van der Waals surface area contributed by atoms with Crippen LogP contribution < -0.4 is 16.8 Å². The Morgan fingerprint density at radius 2 is 2.00 bits per heavy atom. The summed E-state index contributed by atoms with van der Waals surface area (Å²) in [7, 11) is 0. The molecule has 1 saturated carbocycles. The Kier molecular flexibility index (Phi) is 4.30. The highest BCUT2D eigenvalue weighted by Crippen LogP contribution is 2.29. The molecule has 1 aliphatic rings. The predicted molar refractivity (Wildman–Crippen MR) is 79.0 cm³/mol. The van der Waals surface area contributed by atoms with Crippen LogP contribution in [-0.2, 0) is 0 Å². The molecule has 0 saturated heterocycles. The second-order valence-electron chi connectivity index (χ2n) is 5.68. The van der Waals surface area contributed by atoms with Gasteiger partial charge in [-0.3, -0.25) is 4.79 Å². The molecular weight excluding hydrogens is 238 g/mol.